The fraction of sp³-hybridized carbons (Fsp3) is 0.864. The molecule has 0 radical (unpaired) electrons. The summed E-state index contributed by atoms with van der Waals surface area (Å²) in [5.41, 5.74) is -0.810. The molecular weight excluding hydrogens is 372 g/mol. The Morgan fingerprint density at radius 3 is 2.34 bits per heavy atom. The van der Waals surface area contributed by atoms with Crippen LogP contribution in [0.5, 0.6) is 0 Å². The van der Waals surface area contributed by atoms with E-state index in [-0.39, 0.29) is 17.9 Å². The van der Waals surface area contributed by atoms with E-state index in [0.717, 1.165) is 57.8 Å². The summed E-state index contributed by atoms with van der Waals surface area (Å²) in [6.07, 6.45) is 9.92. The third kappa shape index (κ3) is 4.76. The number of amides is 3. The van der Waals surface area contributed by atoms with Gasteiger partial charge in [-0.25, -0.2) is 4.79 Å². The van der Waals surface area contributed by atoms with E-state index in [4.69, 9.17) is 4.74 Å². The van der Waals surface area contributed by atoms with Crippen LogP contribution in [0.25, 0.3) is 0 Å². The smallest absolute Gasteiger partial charge is 0.321 e. The number of hydrogen-bond acceptors (Lipinski definition) is 5. The van der Waals surface area contributed by atoms with Gasteiger partial charge < -0.3 is 15.2 Å². The molecule has 7 nitrogen and oxygen atoms in total. The molecule has 5 aliphatic carbocycles. The van der Waals surface area contributed by atoms with Gasteiger partial charge in [0.25, 0.3) is 5.91 Å². The molecule has 0 aliphatic heterocycles. The molecule has 29 heavy (non-hydrogen) atoms. The molecule has 162 valence electrons. The number of urea groups is 1. The lowest BCUT2D eigenvalue weighted by molar-refractivity contribution is -0.180. The monoisotopic (exact) mass is 406 g/mol. The Labute approximate surface area is 172 Å². The molecule has 0 aromatic carbocycles. The minimum Gasteiger partial charge on any atom is -0.453 e. The molecule has 7 heteroatoms. The van der Waals surface area contributed by atoms with Crippen LogP contribution in [0, 0.1) is 17.3 Å². The van der Waals surface area contributed by atoms with E-state index in [1.54, 1.807) is 0 Å². The fourth-order valence-corrected chi connectivity index (χ4v) is 6.89. The Balaban J connectivity index is 1.25. The summed E-state index contributed by atoms with van der Waals surface area (Å²) >= 11 is 0. The molecule has 0 heterocycles. The van der Waals surface area contributed by atoms with Crippen LogP contribution in [-0.2, 0) is 14.3 Å². The molecule has 0 aromatic rings. The van der Waals surface area contributed by atoms with Gasteiger partial charge in [0.05, 0.1) is 12.0 Å². The fourth-order valence-electron chi connectivity index (χ4n) is 6.89. The first-order valence-corrected chi connectivity index (χ1v) is 11.3. The maximum atomic E-state index is 12.6. The summed E-state index contributed by atoms with van der Waals surface area (Å²) in [6, 6.07) is -0.413. The number of carbonyl (C=O) groups is 3. The predicted octanol–water partition coefficient (Wildman–Crippen LogP) is 2.80. The van der Waals surface area contributed by atoms with Crippen molar-refractivity contribution in [1.82, 2.24) is 10.6 Å². The highest BCUT2D eigenvalue weighted by Crippen LogP contribution is 2.62. The van der Waals surface area contributed by atoms with Crippen LogP contribution in [0.3, 0.4) is 0 Å². The largest absolute Gasteiger partial charge is 0.453 e. The van der Waals surface area contributed by atoms with E-state index < -0.39 is 29.6 Å². The second-order valence-corrected chi connectivity index (χ2v) is 10.3. The molecule has 5 saturated carbocycles. The van der Waals surface area contributed by atoms with Crippen molar-refractivity contribution in [3.05, 3.63) is 0 Å². The van der Waals surface area contributed by atoms with Crippen LogP contribution < -0.4 is 10.6 Å². The quantitative estimate of drug-likeness (QED) is 0.609. The Kier molecular flexibility index (Phi) is 5.62. The Hall–Kier alpha value is -1.63. The first kappa shape index (κ1) is 20.6. The zero-order chi connectivity index (χ0) is 20.6. The van der Waals surface area contributed by atoms with E-state index in [2.05, 4.69) is 10.6 Å². The zero-order valence-corrected chi connectivity index (χ0v) is 17.4. The summed E-state index contributed by atoms with van der Waals surface area (Å²) in [5, 5.41) is 15.9. The van der Waals surface area contributed by atoms with Crippen LogP contribution in [0.4, 0.5) is 4.79 Å². The third-order valence-corrected chi connectivity index (χ3v) is 7.53. The van der Waals surface area contributed by atoms with E-state index in [1.807, 2.05) is 0 Å². The van der Waals surface area contributed by atoms with Crippen molar-refractivity contribution in [3.63, 3.8) is 0 Å². The first-order chi connectivity index (χ1) is 13.7. The van der Waals surface area contributed by atoms with Crippen molar-refractivity contribution >= 4 is 17.9 Å². The lowest BCUT2D eigenvalue weighted by Crippen LogP contribution is -2.56. The van der Waals surface area contributed by atoms with E-state index in [0.29, 0.717) is 18.3 Å². The van der Waals surface area contributed by atoms with Gasteiger partial charge in [0.2, 0.25) is 0 Å². The Bertz CT molecular complexity index is 658. The van der Waals surface area contributed by atoms with E-state index in [9.17, 15) is 19.5 Å². The van der Waals surface area contributed by atoms with Crippen molar-refractivity contribution in [1.29, 1.82) is 0 Å². The summed E-state index contributed by atoms with van der Waals surface area (Å²) in [7, 11) is 0. The maximum Gasteiger partial charge on any atom is 0.321 e. The van der Waals surface area contributed by atoms with Crippen molar-refractivity contribution in [3.8, 4) is 0 Å². The Morgan fingerprint density at radius 2 is 1.72 bits per heavy atom. The first-order valence-electron chi connectivity index (χ1n) is 11.3. The van der Waals surface area contributed by atoms with Crippen molar-refractivity contribution < 1.29 is 24.2 Å². The molecule has 5 rings (SSSR count). The SMILES string of the molecule is C[C@@H](OC(=O)CC12C[C@@H]3C[C@@H](CC(O)(C3)C1)C2)C(=O)NC(=O)NC1CCCCC1. The molecule has 5 fully saturated rings. The number of rotatable bonds is 5. The average Bonchev–Trinajstić information content (AvgIpc) is 2.59. The summed E-state index contributed by atoms with van der Waals surface area (Å²) in [5.74, 6) is -0.0156. The average molecular weight is 407 g/mol. The molecule has 3 N–H and O–H groups in total. The molecular formula is C22H34N2O5. The topological polar surface area (TPSA) is 105 Å². The molecule has 5 aliphatic rings. The zero-order valence-electron chi connectivity index (χ0n) is 17.4. The standard InChI is InChI=1S/C22H34N2O5/c1-14(19(26)24-20(27)23-17-5-3-2-4-6-17)29-18(25)12-21-8-15-7-16(9-21)11-22(28,10-15)13-21/h14-17,28H,2-13H2,1H3,(H2,23,24,26,27)/t14-,15-,16+,21?,22?/m1/s1. The molecule has 5 atom stereocenters. The van der Waals surface area contributed by atoms with Crippen LogP contribution in [-0.4, -0.2) is 40.8 Å². The lowest BCUT2D eigenvalue weighted by atomic mass is 9.47. The number of ether oxygens (including phenoxy) is 1. The third-order valence-electron chi connectivity index (χ3n) is 7.53. The van der Waals surface area contributed by atoms with E-state index in [1.165, 1.54) is 13.3 Å². The minimum atomic E-state index is -1.02. The Morgan fingerprint density at radius 1 is 1.07 bits per heavy atom. The summed E-state index contributed by atoms with van der Waals surface area (Å²) in [6.45, 7) is 1.49. The number of aliphatic hydroxyl groups is 1. The summed E-state index contributed by atoms with van der Waals surface area (Å²) in [4.78, 5) is 36.9. The van der Waals surface area contributed by atoms with Gasteiger partial charge in [-0.1, -0.05) is 19.3 Å². The van der Waals surface area contributed by atoms with Gasteiger partial charge in [-0.15, -0.1) is 0 Å². The molecule has 0 aromatic heterocycles. The van der Waals surface area contributed by atoms with Gasteiger partial charge in [0.15, 0.2) is 6.10 Å². The van der Waals surface area contributed by atoms with Gasteiger partial charge in [0.1, 0.15) is 0 Å². The minimum absolute atomic E-state index is 0.108. The van der Waals surface area contributed by atoms with Crippen molar-refractivity contribution in [2.45, 2.75) is 102 Å². The van der Waals surface area contributed by atoms with Crippen molar-refractivity contribution in [2.24, 2.45) is 17.3 Å². The molecule has 4 bridgehead atoms. The second kappa shape index (κ2) is 7.89. The normalized spacial score (nSPS) is 37.0. The van der Waals surface area contributed by atoms with Crippen LogP contribution in [0.1, 0.15) is 84.0 Å². The number of imide groups is 1. The van der Waals surface area contributed by atoms with Crippen LogP contribution in [0.2, 0.25) is 0 Å². The number of esters is 1. The van der Waals surface area contributed by atoms with E-state index >= 15 is 0 Å². The molecule has 3 amide bonds. The van der Waals surface area contributed by atoms with Gasteiger partial charge in [-0.2, -0.15) is 0 Å². The number of carbonyl (C=O) groups excluding carboxylic acids is 3. The highest BCUT2D eigenvalue weighted by Gasteiger charge is 2.57. The second-order valence-electron chi connectivity index (χ2n) is 10.3. The predicted molar refractivity (Wildman–Crippen MR) is 106 cm³/mol. The molecule has 0 saturated heterocycles. The highest BCUT2D eigenvalue weighted by molar-refractivity contribution is 5.97. The van der Waals surface area contributed by atoms with Crippen LogP contribution >= 0.6 is 0 Å². The van der Waals surface area contributed by atoms with Gasteiger partial charge in [-0.3, -0.25) is 14.9 Å². The number of nitrogens with one attached hydrogen (secondary N) is 2. The number of hydrogen-bond donors (Lipinski definition) is 3. The molecule has 0 spiro atoms. The van der Waals surface area contributed by atoms with Gasteiger partial charge in [0, 0.05) is 6.04 Å². The molecule has 2 unspecified atom stereocenters. The summed E-state index contributed by atoms with van der Waals surface area (Å²) < 4.78 is 5.36. The van der Waals surface area contributed by atoms with Gasteiger partial charge in [-0.05, 0) is 75.5 Å². The van der Waals surface area contributed by atoms with Crippen molar-refractivity contribution in [2.75, 3.05) is 0 Å². The van der Waals surface area contributed by atoms with Crippen LogP contribution in [0.15, 0.2) is 0 Å². The highest BCUT2D eigenvalue weighted by atomic mass is 16.5. The van der Waals surface area contributed by atoms with Gasteiger partial charge >= 0.3 is 12.0 Å². The lowest BCUT2D eigenvalue weighted by Gasteiger charge is -2.60. The maximum absolute atomic E-state index is 12.6.